The summed E-state index contributed by atoms with van der Waals surface area (Å²) in [7, 11) is 0. The van der Waals surface area contributed by atoms with Crippen LogP contribution < -0.4 is 0 Å². The first-order chi connectivity index (χ1) is 65.6. The number of aliphatic hydroxyl groups is 12. The zero-order valence-electron chi connectivity index (χ0n) is 76.4. The quantitative estimate of drug-likeness (QED) is 0.0149. The largest absolute Gasteiger partial charge is 0.479 e. The van der Waals surface area contributed by atoms with Gasteiger partial charge in [-0.15, -0.1) is 20.4 Å². The number of benzene rings is 5. The number of aliphatic hydroxyl groups excluding tert-OH is 12. The molecule has 136 heavy (non-hydrogen) atoms. The Labute approximate surface area is 784 Å². The summed E-state index contributed by atoms with van der Waals surface area (Å²) in [6.07, 6.45) is -6.21. The Morgan fingerprint density at radius 3 is 0.890 bits per heavy atom. The van der Waals surface area contributed by atoms with E-state index in [1.165, 1.54) is 112 Å². The van der Waals surface area contributed by atoms with Gasteiger partial charge in [-0.25, -0.2) is 28.3 Å². The molecule has 4 aromatic heterocycles. The van der Waals surface area contributed by atoms with E-state index in [1.54, 1.807) is 0 Å². The van der Waals surface area contributed by atoms with Gasteiger partial charge in [0.05, 0.1) is 51.2 Å². The molecule has 4 saturated heterocycles. The Morgan fingerprint density at radius 2 is 0.588 bits per heavy atom. The van der Waals surface area contributed by atoms with Gasteiger partial charge in [0.1, 0.15) is 96.0 Å². The van der Waals surface area contributed by atoms with E-state index in [4.69, 9.17) is 47.4 Å². The SMILES string of the molecule is Cc1ccc(-c2ccc3c(c2)C(CCCCCCOCc2cn(C4OC(OC=O)C(O)C(O)C4O)nn2)(CCCCCCOCc2cn(C4OC(C(=O)O)C(O)C(O)C4O)nn2)c2cc(C)ccc2-3)cc1.Cc1ccc2c(c1)C(CCCCCCOCc1cn(C3OC(OC=O)C(O)C(O)C3O)nn1)(CCCCCCOCc1cn(C3OC(C(=O)O)C(O)C(O)C3O)nn1)c1cc(C)ccc1-2. The highest BCUT2D eigenvalue weighted by atomic mass is 16.7. The molecule has 0 saturated carbocycles. The summed E-state index contributed by atoms with van der Waals surface area (Å²) in [5.74, 6) is -2.95. The number of aryl methyl sites for hydroxylation is 4. The molecule has 40 heteroatoms. The van der Waals surface area contributed by atoms with Crippen LogP contribution in [0, 0.1) is 27.7 Å². The van der Waals surface area contributed by atoms with Crippen molar-refractivity contribution in [1.29, 1.82) is 0 Å². The average Bonchev–Trinajstić information content (AvgIpc) is 1.57. The van der Waals surface area contributed by atoms with Crippen LogP contribution in [0.1, 0.15) is 221 Å². The summed E-state index contributed by atoms with van der Waals surface area (Å²) in [5.41, 5.74) is 19.6. The van der Waals surface area contributed by atoms with Crippen molar-refractivity contribution in [2.24, 2.45) is 0 Å². The lowest BCUT2D eigenvalue weighted by Crippen LogP contribution is -2.57. The minimum atomic E-state index is -1.80. The van der Waals surface area contributed by atoms with Gasteiger partial charge in [0, 0.05) is 37.3 Å². The molecule has 5 aromatic carbocycles. The number of rotatable bonds is 47. The van der Waals surface area contributed by atoms with Crippen LogP contribution in [-0.2, 0) is 104 Å². The minimum absolute atomic E-state index is 0.0875. The zero-order valence-corrected chi connectivity index (χ0v) is 76.4. The van der Waals surface area contributed by atoms with Crippen LogP contribution in [0.2, 0.25) is 0 Å². The number of nitrogens with zero attached hydrogens (tertiary/aromatic N) is 12. The van der Waals surface area contributed by atoms with Gasteiger partial charge in [-0.3, -0.25) is 9.59 Å². The average molecular weight is 1890 g/mol. The smallest absolute Gasteiger partial charge is 0.335 e. The molecule has 4 fully saturated rings. The molecular formula is C96H124N12O28. The van der Waals surface area contributed by atoms with E-state index < -0.39 is 135 Å². The Kier molecular flexibility index (Phi) is 35.1. The van der Waals surface area contributed by atoms with Gasteiger partial charge in [0.15, 0.2) is 37.1 Å². The van der Waals surface area contributed by atoms with Crippen LogP contribution in [0.5, 0.6) is 0 Å². The number of fused-ring (bicyclic) bond motifs is 6. The maximum Gasteiger partial charge on any atom is 0.335 e. The molecule has 14 N–H and O–H groups in total. The topological polar surface area (TPSA) is 567 Å². The molecule has 8 heterocycles. The van der Waals surface area contributed by atoms with Gasteiger partial charge in [0.2, 0.25) is 12.6 Å². The Morgan fingerprint density at radius 1 is 0.324 bits per heavy atom. The zero-order chi connectivity index (χ0) is 96.5. The molecule has 736 valence electrons. The van der Waals surface area contributed by atoms with E-state index in [9.17, 15) is 90.7 Å². The van der Waals surface area contributed by atoms with Crippen LogP contribution in [0.3, 0.4) is 0 Å². The van der Waals surface area contributed by atoms with Gasteiger partial charge < -0.3 is 119 Å². The monoisotopic (exact) mass is 1890 g/mol. The van der Waals surface area contributed by atoms with Crippen LogP contribution in [0.25, 0.3) is 33.4 Å². The highest BCUT2D eigenvalue weighted by Gasteiger charge is 2.53. The van der Waals surface area contributed by atoms with Crippen LogP contribution in [0.15, 0.2) is 122 Å². The van der Waals surface area contributed by atoms with Crippen molar-refractivity contribution in [2.75, 3.05) is 26.4 Å². The van der Waals surface area contributed by atoms with Gasteiger partial charge in [-0.05, 0) is 141 Å². The first kappa shape index (κ1) is 102. The van der Waals surface area contributed by atoms with E-state index in [-0.39, 0.29) is 50.2 Å². The van der Waals surface area contributed by atoms with Crippen molar-refractivity contribution < 1.29 is 138 Å². The molecule has 6 aliphatic rings. The summed E-state index contributed by atoms with van der Waals surface area (Å²) >= 11 is 0. The molecule has 21 unspecified atom stereocenters. The molecule has 21 atom stereocenters. The number of hydrogen-bond acceptors (Lipinski definition) is 34. The van der Waals surface area contributed by atoms with E-state index in [0.29, 0.717) is 49.2 Å². The highest BCUT2D eigenvalue weighted by Crippen LogP contribution is 2.57. The first-order valence-corrected chi connectivity index (χ1v) is 46.5. The Bertz CT molecular complexity index is 5360. The van der Waals surface area contributed by atoms with Crippen molar-refractivity contribution >= 4 is 24.9 Å². The normalized spacial score (nSPS) is 27.0. The lowest BCUT2D eigenvalue weighted by atomic mass is 9.70. The summed E-state index contributed by atoms with van der Waals surface area (Å²) in [6, 6.07) is 36.2. The van der Waals surface area contributed by atoms with E-state index in [1.807, 2.05) is 0 Å². The minimum Gasteiger partial charge on any atom is -0.479 e. The second kappa shape index (κ2) is 46.9. The molecule has 0 radical (unpaired) electrons. The number of carboxylic acid groups (broad SMARTS) is 2. The molecule has 0 spiro atoms. The molecule has 0 bridgehead atoms. The fourth-order valence-corrected chi connectivity index (χ4v) is 19.2. The van der Waals surface area contributed by atoms with Crippen LogP contribution in [0.4, 0.5) is 0 Å². The number of carbonyl (C=O) groups is 4. The number of carboxylic acids is 2. The summed E-state index contributed by atoms with van der Waals surface area (Å²) in [6.45, 7) is 11.3. The maximum atomic E-state index is 11.5. The van der Waals surface area contributed by atoms with Gasteiger partial charge in [0.25, 0.3) is 12.9 Å². The number of unbranched alkanes of at least 4 members (excludes halogenated alkanes) is 12. The third kappa shape index (κ3) is 23.5. The van der Waals surface area contributed by atoms with Gasteiger partial charge in [-0.1, -0.05) is 211 Å². The standard InChI is InChI=1S/C51H64N6O14.C45H60N6O14/c1-30-11-14-32(15-12-30)33-16-18-37-36-17-13-31(2)23-38(36)51(39(37)24-33,19-7-3-5-9-21-67-27-34-25-56(54-52-34)47-43(62)40(59)42(61)46(70-47)49(65)66)20-8-4-6-10-22-68-28-35-26-57(55-53-35)48-44(63)41(60)45(64)50(71-48)69-29-58;1-26-11-13-30-31-14-12-27(2)20-33(31)45(32(30)19-26,15-7-3-5-9-17-61-23-28-21-50(48-46-28)41-37(56)34(53)36(55)40(64-41)43(59)60)16-8-4-6-10-18-62-24-29-22-51(49-47-29)42-38(57)35(54)39(58)44(65-42)63-25-52/h11-18,23-26,29,40-48,50,59-64H,3-10,19-22,27-28H2,1-2H3,(H,65,66);11-14,19-22,25,34-42,44,53-58H,3-10,15-18,23-24H2,1-2H3,(H,59,60). The van der Waals surface area contributed by atoms with Crippen LogP contribution >= 0.6 is 0 Å². The number of carbonyl (C=O) groups excluding carboxylic acids is 2. The van der Waals surface area contributed by atoms with Gasteiger partial charge in [-0.2, -0.15) is 0 Å². The van der Waals surface area contributed by atoms with Crippen molar-refractivity contribution in [3.63, 3.8) is 0 Å². The highest BCUT2D eigenvalue weighted by molar-refractivity contribution is 5.85. The predicted octanol–water partition coefficient (Wildman–Crippen LogP) is 6.19. The lowest BCUT2D eigenvalue weighted by molar-refractivity contribution is -0.304. The summed E-state index contributed by atoms with van der Waals surface area (Å²) in [4.78, 5) is 44.7. The Hall–Kier alpha value is -10.3. The third-order valence-electron chi connectivity index (χ3n) is 26.5. The maximum absolute atomic E-state index is 11.5. The molecule has 9 aromatic rings. The molecular weight excluding hydrogens is 1770 g/mol. The molecule has 2 aliphatic carbocycles. The van der Waals surface area contributed by atoms with Crippen molar-refractivity contribution in [3.8, 4) is 33.4 Å². The first-order valence-electron chi connectivity index (χ1n) is 46.5. The number of ether oxygens (including phenoxy) is 10. The van der Waals surface area contributed by atoms with Crippen molar-refractivity contribution in [2.45, 2.75) is 316 Å². The Balaban J connectivity index is 0.000000219. The lowest BCUT2D eigenvalue weighted by Gasteiger charge is -2.38. The van der Waals surface area contributed by atoms with Gasteiger partial charge >= 0.3 is 11.9 Å². The molecule has 4 aliphatic heterocycles. The molecule has 0 amide bonds. The van der Waals surface area contributed by atoms with Crippen LogP contribution in [-0.4, -0.2) is 281 Å². The van der Waals surface area contributed by atoms with Crippen molar-refractivity contribution in [3.05, 3.63) is 189 Å². The van der Waals surface area contributed by atoms with E-state index >= 15 is 0 Å². The summed E-state index contributed by atoms with van der Waals surface area (Å²) in [5, 5.41) is 173. The van der Waals surface area contributed by atoms with E-state index in [0.717, 1.165) is 138 Å². The number of aliphatic carboxylic acids is 2. The molecule has 40 nitrogen and oxygen atoms in total. The predicted molar refractivity (Wildman–Crippen MR) is 478 cm³/mol. The number of hydrogen-bond donors (Lipinski definition) is 14. The molecule has 15 rings (SSSR count). The fourth-order valence-electron chi connectivity index (χ4n) is 19.2. The second-order valence-electron chi connectivity index (χ2n) is 36.3. The number of aromatic nitrogens is 12. The summed E-state index contributed by atoms with van der Waals surface area (Å²) < 4.78 is 59.3. The van der Waals surface area contributed by atoms with E-state index in [2.05, 4.69) is 166 Å². The van der Waals surface area contributed by atoms with Crippen molar-refractivity contribution in [1.82, 2.24) is 60.0 Å². The fraction of sp³-hybridized carbons (Fsp3) is 0.562. The third-order valence-corrected chi connectivity index (χ3v) is 26.5. The second-order valence-corrected chi connectivity index (χ2v) is 36.3.